The summed E-state index contributed by atoms with van der Waals surface area (Å²) in [5.41, 5.74) is 4.54. The minimum absolute atomic E-state index is 0.408. The minimum Gasteiger partial charge on any atom is -0.481 e. The summed E-state index contributed by atoms with van der Waals surface area (Å²) in [5.74, 6) is -1.16. The van der Waals surface area contributed by atoms with Crippen LogP contribution >= 0.6 is 0 Å². The van der Waals surface area contributed by atoms with Crippen molar-refractivity contribution in [3.05, 3.63) is 41.0 Å². The van der Waals surface area contributed by atoms with Crippen LogP contribution < -0.4 is 0 Å². The van der Waals surface area contributed by atoms with Gasteiger partial charge in [-0.2, -0.15) is 0 Å². The van der Waals surface area contributed by atoms with Gasteiger partial charge in [0, 0.05) is 0 Å². The highest BCUT2D eigenvalue weighted by Gasteiger charge is 2.23. The van der Waals surface area contributed by atoms with Crippen LogP contribution in [-0.2, 0) is 11.2 Å². The number of carboxylic acid groups (broad SMARTS) is 1. The summed E-state index contributed by atoms with van der Waals surface area (Å²) in [4.78, 5) is 10.9. The maximum atomic E-state index is 10.9. The summed E-state index contributed by atoms with van der Waals surface area (Å²) in [5, 5.41) is 8.98. The minimum atomic E-state index is -0.755. The van der Waals surface area contributed by atoms with Crippen LogP contribution in [0.3, 0.4) is 0 Å². The molecule has 1 aromatic rings. The van der Waals surface area contributed by atoms with Gasteiger partial charge >= 0.3 is 5.97 Å². The molecule has 78 valence electrons. The third-order valence-corrected chi connectivity index (χ3v) is 2.95. The quantitative estimate of drug-likeness (QED) is 0.800. The lowest BCUT2D eigenvalue weighted by Crippen LogP contribution is -2.10. The highest BCUT2D eigenvalue weighted by atomic mass is 16.4. The van der Waals surface area contributed by atoms with E-state index >= 15 is 0 Å². The Morgan fingerprint density at radius 1 is 1.47 bits per heavy atom. The van der Waals surface area contributed by atoms with E-state index in [1.807, 2.05) is 18.2 Å². The maximum Gasteiger partial charge on any atom is 0.310 e. The molecule has 1 unspecified atom stereocenters. The number of aliphatic carboxylic acids is 1. The van der Waals surface area contributed by atoms with Crippen LogP contribution in [0.2, 0.25) is 0 Å². The molecule has 1 aliphatic rings. The first-order chi connectivity index (χ1) is 7.09. The second-order valence-corrected chi connectivity index (χ2v) is 4.08. The van der Waals surface area contributed by atoms with Crippen LogP contribution in [0, 0.1) is 12.8 Å². The van der Waals surface area contributed by atoms with Gasteiger partial charge < -0.3 is 5.11 Å². The number of carbonyl (C=O) groups is 1. The molecule has 1 atom stereocenters. The molecule has 1 N–H and O–H groups in total. The summed E-state index contributed by atoms with van der Waals surface area (Å²) in [6.07, 6.45) is 2.90. The van der Waals surface area contributed by atoms with E-state index < -0.39 is 11.9 Å². The molecule has 0 heterocycles. The van der Waals surface area contributed by atoms with E-state index in [9.17, 15) is 4.79 Å². The number of hydrogen-bond acceptors (Lipinski definition) is 1. The van der Waals surface area contributed by atoms with Gasteiger partial charge in [0.05, 0.1) is 5.92 Å². The summed E-state index contributed by atoms with van der Waals surface area (Å²) in [6.45, 7) is 3.79. The van der Waals surface area contributed by atoms with E-state index in [0.717, 1.165) is 17.6 Å². The number of rotatable bonds is 2. The topological polar surface area (TPSA) is 37.3 Å². The van der Waals surface area contributed by atoms with Crippen LogP contribution in [0.4, 0.5) is 0 Å². The van der Waals surface area contributed by atoms with Crippen LogP contribution in [-0.4, -0.2) is 11.1 Å². The molecule has 1 aliphatic carbocycles. The third kappa shape index (κ3) is 1.67. The van der Waals surface area contributed by atoms with Crippen LogP contribution in [0.25, 0.3) is 5.57 Å². The predicted octanol–water partition coefficient (Wildman–Crippen LogP) is 2.66. The molecule has 2 nitrogen and oxygen atoms in total. The second kappa shape index (κ2) is 3.54. The van der Waals surface area contributed by atoms with Gasteiger partial charge in [-0.1, -0.05) is 29.8 Å². The average Bonchev–Trinajstić information content (AvgIpc) is 2.59. The molecule has 0 fully saturated rings. The summed E-state index contributed by atoms with van der Waals surface area (Å²) in [6, 6.07) is 6.20. The van der Waals surface area contributed by atoms with Gasteiger partial charge in [0.2, 0.25) is 0 Å². The summed E-state index contributed by atoms with van der Waals surface area (Å²) in [7, 11) is 0. The van der Waals surface area contributed by atoms with Crippen molar-refractivity contribution in [3.8, 4) is 0 Å². The fraction of sp³-hybridized carbons (Fsp3) is 0.308. The number of fused-ring (bicyclic) bond motifs is 1. The van der Waals surface area contributed by atoms with Crippen LogP contribution in [0.1, 0.15) is 23.6 Å². The highest BCUT2D eigenvalue weighted by molar-refractivity contribution is 5.89. The number of hydrogen-bond donors (Lipinski definition) is 1. The van der Waals surface area contributed by atoms with Crippen LogP contribution in [0.5, 0.6) is 0 Å². The Hall–Kier alpha value is -1.57. The number of benzene rings is 1. The Balaban J connectivity index is 2.39. The van der Waals surface area contributed by atoms with E-state index in [2.05, 4.69) is 13.0 Å². The van der Waals surface area contributed by atoms with Crippen molar-refractivity contribution in [3.63, 3.8) is 0 Å². The Kier molecular flexibility index (Phi) is 2.35. The van der Waals surface area contributed by atoms with Gasteiger partial charge in [0.1, 0.15) is 0 Å². The number of carboxylic acids is 1. The first-order valence-electron chi connectivity index (χ1n) is 5.12. The summed E-state index contributed by atoms with van der Waals surface area (Å²) < 4.78 is 0. The first-order valence-corrected chi connectivity index (χ1v) is 5.12. The lowest BCUT2D eigenvalue weighted by Gasteiger charge is -2.10. The lowest BCUT2D eigenvalue weighted by molar-refractivity contribution is -0.139. The monoisotopic (exact) mass is 202 g/mol. The van der Waals surface area contributed by atoms with Crippen molar-refractivity contribution in [1.29, 1.82) is 0 Å². The Bertz CT molecular complexity index is 444. The predicted molar refractivity (Wildman–Crippen MR) is 59.7 cm³/mol. The Morgan fingerprint density at radius 3 is 2.87 bits per heavy atom. The molecule has 0 aliphatic heterocycles. The zero-order valence-corrected chi connectivity index (χ0v) is 8.95. The van der Waals surface area contributed by atoms with E-state index in [0.29, 0.717) is 0 Å². The fourth-order valence-electron chi connectivity index (χ4n) is 2.05. The zero-order valence-electron chi connectivity index (χ0n) is 8.95. The van der Waals surface area contributed by atoms with Crippen molar-refractivity contribution in [2.75, 3.05) is 0 Å². The first kappa shape index (κ1) is 9.97. The third-order valence-electron chi connectivity index (χ3n) is 2.95. The molecule has 0 radical (unpaired) electrons. The van der Waals surface area contributed by atoms with Crippen molar-refractivity contribution in [1.82, 2.24) is 0 Å². The van der Waals surface area contributed by atoms with Crippen molar-refractivity contribution in [2.45, 2.75) is 20.3 Å². The maximum absolute atomic E-state index is 10.9. The molecule has 2 rings (SSSR count). The molecule has 0 bridgehead atoms. The van der Waals surface area contributed by atoms with E-state index in [1.54, 1.807) is 6.92 Å². The van der Waals surface area contributed by atoms with Gasteiger partial charge in [0.15, 0.2) is 0 Å². The van der Waals surface area contributed by atoms with Crippen LogP contribution in [0.15, 0.2) is 24.3 Å². The Labute approximate surface area is 89.2 Å². The van der Waals surface area contributed by atoms with Crippen molar-refractivity contribution in [2.24, 2.45) is 5.92 Å². The molecule has 0 saturated heterocycles. The molecule has 1 aromatic carbocycles. The number of aryl methyl sites for hydroxylation is 1. The smallest absolute Gasteiger partial charge is 0.310 e. The average molecular weight is 202 g/mol. The largest absolute Gasteiger partial charge is 0.481 e. The fourth-order valence-corrected chi connectivity index (χ4v) is 2.05. The normalized spacial score (nSPS) is 15.7. The van der Waals surface area contributed by atoms with E-state index in [4.69, 9.17) is 5.11 Å². The molecule has 0 saturated carbocycles. The molecule has 0 aromatic heterocycles. The molecular weight excluding hydrogens is 188 g/mol. The van der Waals surface area contributed by atoms with Crippen molar-refractivity contribution >= 4 is 11.5 Å². The van der Waals surface area contributed by atoms with E-state index in [1.165, 1.54) is 11.1 Å². The van der Waals surface area contributed by atoms with Gasteiger partial charge in [-0.05, 0) is 37.0 Å². The summed E-state index contributed by atoms with van der Waals surface area (Å²) >= 11 is 0. The van der Waals surface area contributed by atoms with Gasteiger partial charge in [-0.3, -0.25) is 4.79 Å². The van der Waals surface area contributed by atoms with E-state index in [-0.39, 0.29) is 0 Å². The SMILES string of the molecule is Cc1ccc2c(c1)CC=C2C(C)C(=O)O. The van der Waals surface area contributed by atoms with Gasteiger partial charge in [0.25, 0.3) is 0 Å². The second-order valence-electron chi connectivity index (χ2n) is 4.08. The van der Waals surface area contributed by atoms with Crippen molar-refractivity contribution < 1.29 is 9.90 Å². The highest BCUT2D eigenvalue weighted by Crippen LogP contribution is 2.33. The molecule has 15 heavy (non-hydrogen) atoms. The van der Waals surface area contributed by atoms with Gasteiger partial charge in [-0.15, -0.1) is 0 Å². The molecular formula is C13H14O2. The lowest BCUT2D eigenvalue weighted by atomic mass is 9.95. The molecule has 0 amide bonds. The number of allylic oxidation sites excluding steroid dienone is 1. The Morgan fingerprint density at radius 2 is 2.20 bits per heavy atom. The van der Waals surface area contributed by atoms with Gasteiger partial charge in [-0.25, -0.2) is 0 Å². The zero-order chi connectivity index (χ0) is 11.0. The molecule has 0 spiro atoms. The standard InChI is InChI=1S/C13H14O2/c1-8-3-5-12-10(7-8)4-6-11(12)9(2)13(14)15/h3,5-7,9H,4H2,1-2H3,(H,14,15). The molecule has 2 heteroatoms.